The van der Waals surface area contributed by atoms with Crippen molar-refractivity contribution in [3.05, 3.63) is 11.8 Å². The third kappa shape index (κ3) is 4.14. The highest BCUT2D eigenvalue weighted by Crippen LogP contribution is 2.13. The molecule has 4 nitrogen and oxygen atoms in total. The van der Waals surface area contributed by atoms with Crippen molar-refractivity contribution in [1.82, 2.24) is 9.97 Å². The Morgan fingerprint density at radius 1 is 1.20 bits per heavy atom. The van der Waals surface area contributed by atoms with Gasteiger partial charge in [-0.2, -0.15) is 4.98 Å². The summed E-state index contributed by atoms with van der Waals surface area (Å²) in [7, 11) is 0. The Balaban J connectivity index is 2.84. The lowest BCUT2D eigenvalue weighted by Gasteiger charge is -2.12. The second-order valence-corrected chi connectivity index (χ2v) is 4.14. The highest BCUT2D eigenvalue weighted by atomic mass is 16.5. The molecule has 0 aromatic carbocycles. The van der Waals surface area contributed by atoms with Crippen LogP contribution >= 0.6 is 0 Å². The maximum absolute atomic E-state index is 5.53. The molecule has 0 bridgehead atoms. The molecule has 1 N–H and O–H groups in total. The average Bonchev–Trinajstić information content (AvgIpc) is 1.98. The van der Waals surface area contributed by atoms with Crippen molar-refractivity contribution in [1.29, 1.82) is 0 Å². The largest absolute Gasteiger partial charge is 0.475 e. The van der Waals surface area contributed by atoms with Gasteiger partial charge in [-0.05, 0) is 34.6 Å². The predicted octanol–water partition coefficient (Wildman–Crippen LogP) is 2.39. The molecule has 0 aliphatic rings. The molecule has 0 aliphatic carbocycles. The van der Waals surface area contributed by atoms with Crippen molar-refractivity contribution >= 4 is 5.95 Å². The normalized spacial score (nSPS) is 10.9. The summed E-state index contributed by atoms with van der Waals surface area (Å²) in [6, 6.07) is 2.16. The van der Waals surface area contributed by atoms with Crippen LogP contribution in [0.1, 0.15) is 33.4 Å². The summed E-state index contributed by atoms with van der Waals surface area (Å²) in [5.41, 5.74) is 0.906. The topological polar surface area (TPSA) is 47.0 Å². The van der Waals surface area contributed by atoms with E-state index in [0.717, 1.165) is 5.69 Å². The van der Waals surface area contributed by atoms with Crippen LogP contribution in [0.15, 0.2) is 6.07 Å². The van der Waals surface area contributed by atoms with Gasteiger partial charge < -0.3 is 10.1 Å². The van der Waals surface area contributed by atoms with Gasteiger partial charge in [-0.15, -0.1) is 0 Å². The molecule has 1 heterocycles. The van der Waals surface area contributed by atoms with Crippen molar-refractivity contribution in [3.63, 3.8) is 0 Å². The van der Waals surface area contributed by atoms with Gasteiger partial charge in [0.1, 0.15) is 0 Å². The molecule has 15 heavy (non-hydrogen) atoms. The predicted molar refractivity (Wildman–Crippen MR) is 61.3 cm³/mol. The maximum Gasteiger partial charge on any atom is 0.226 e. The molecular weight excluding hydrogens is 190 g/mol. The number of rotatable bonds is 4. The first kappa shape index (κ1) is 11.8. The number of nitrogens with zero attached hydrogens (tertiary/aromatic N) is 2. The second kappa shape index (κ2) is 4.96. The Bertz CT molecular complexity index is 295. The molecule has 0 amide bonds. The van der Waals surface area contributed by atoms with Crippen LogP contribution in [0.5, 0.6) is 5.88 Å². The number of hydrogen-bond acceptors (Lipinski definition) is 4. The molecule has 0 radical (unpaired) electrons. The molecule has 1 aromatic heterocycles. The van der Waals surface area contributed by atoms with E-state index in [1.54, 1.807) is 0 Å². The number of aryl methyl sites for hydroxylation is 1. The Labute approximate surface area is 91.1 Å². The third-order valence-corrected chi connectivity index (χ3v) is 1.60. The summed E-state index contributed by atoms with van der Waals surface area (Å²) in [5, 5.41) is 3.16. The number of ether oxygens (including phenoxy) is 1. The maximum atomic E-state index is 5.53. The van der Waals surface area contributed by atoms with Gasteiger partial charge in [0.25, 0.3) is 0 Å². The van der Waals surface area contributed by atoms with Crippen LogP contribution in [0.3, 0.4) is 0 Å². The van der Waals surface area contributed by atoms with Crippen LogP contribution in [0.25, 0.3) is 0 Å². The standard InChI is InChI=1S/C11H19N3O/c1-7(2)12-11-13-9(5)6-10(14-11)15-8(3)4/h6-8H,1-5H3,(H,12,13,14). The second-order valence-electron chi connectivity index (χ2n) is 4.14. The van der Waals surface area contributed by atoms with Gasteiger partial charge in [-0.3, -0.25) is 0 Å². The van der Waals surface area contributed by atoms with E-state index in [4.69, 9.17) is 4.74 Å². The van der Waals surface area contributed by atoms with Crippen molar-refractivity contribution in [2.24, 2.45) is 0 Å². The molecule has 0 saturated heterocycles. The average molecular weight is 209 g/mol. The van der Waals surface area contributed by atoms with E-state index in [2.05, 4.69) is 29.1 Å². The minimum atomic E-state index is 0.131. The summed E-state index contributed by atoms with van der Waals surface area (Å²) >= 11 is 0. The third-order valence-electron chi connectivity index (χ3n) is 1.60. The van der Waals surface area contributed by atoms with Crippen LogP contribution in [-0.2, 0) is 0 Å². The lowest BCUT2D eigenvalue weighted by atomic mass is 10.4. The monoisotopic (exact) mass is 209 g/mol. The molecule has 0 atom stereocenters. The highest BCUT2D eigenvalue weighted by molar-refractivity contribution is 5.31. The quantitative estimate of drug-likeness (QED) is 0.827. The first-order valence-electron chi connectivity index (χ1n) is 5.26. The van der Waals surface area contributed by atoms with Gasteiger partial charge >= 0.3 is 0 Å². The molecular formula is C11H19N3O. The molecule has 84 valence electrons. The first-order chi connectivity index (χ1) is 6.97. The zero-order chi connectivity index (χ0) is 11.4. The van der Waals surface area contributed by atoms with Gasteiger partial charge in [0.15, 0.2) is 0 Å². The van der Waals surface area contributed by atoms with Crippen molar-refractivity contribution in [2.75, 3.05) is 5.32 Å². The number of anilines is 1. The zero-order valence-electron chi connectivity index (χ0n) is 10.0. The van der Waals surface area contributed by atoms with Crippen molar-refractivity contribution < 1.29 is 4.74 Å². The van der Waals surface area contributed by atoms with Crippen molar-refractivity contribution in [3.8, 4) is 5.88 Å². The summed E-state index contributed by atoms with van der Waals surface area (Å²) in [5.74, 6) is 1.25. The fourth-order valence-corrected chi connectivity index (χ4v) is 1.16. The van der Waals surface area contributed by atoms with Gasteiger partial charge in [0.2, 0.25) is 11.8 Å². The van der Waals surface area contributed by atoms with Crippen LogP contribution in [0, 0.1) is 6.92 Å². The SMILES string of the molecule is Cc1cc(OC(C)C)nc(NC(C)C)n1. The van der Waals surface area contributed by atoms with E-state index in [1.165, 1.54) is 0 Å². The minimum absolute atomic E-state index is 0.131. The Kier molecular flexibility index (Phi) is 3.88. The number of aromatic nitrogens is 2. The van der Waals surface area contributed by atoms with Crippen molar-refractivity contribution in [2.45, 2.75) is 46.8 Å². The van der Waals surface area contributed by atoms with Gasteiger partial charge in [0.05, 0.1) is 6.10 Å². The first-order valence-corrected chi connectivity index (χ1v) is 5.26. The molecule has 4 heteroatoms. The smallest absolute Gasteiger partial charge is 0.226 e. The molecule has 0 fully saturated rings. The van der Waals surface area contributed by atoms with Gasteiger partial charge in [0, 0.05) is 17.8 Å². The van der Waals surface area contributed by atoms with Crippen LogP contribution < -0.4 is 10.1 Å². The Morgan fingerprint density at radius 3 is 2.40 bits per heavy atom. The van der Waals surface area contributed by atoms with Crippen LogP contribution in [0.4, 0.5) is 5.95 Å². The van der Waals surface area contributed by atoms with Gasteiger partial charge in [-0.1, -0.05) is 0 Å². The fraction of sp³-hybridized carbons (Fsp3) is 0.636. The molecule has 0 aliphatic heterocycles. The molecule has 1 aromatic rings. The Morgan fingerprint density at radius 2 is 1.87 bits per heavy atom. The fourth-order valence-electron chi connectivity index (χ4n) is 1.16. The van der Waals surface area contributed by atoms with E-state index in [0.29, 0.717) is 17.9 Å². The molecule has 0 saturated carbocycles. The van der Waals surface area contributed by atoms with Crippen LogP contribution in [0.2, 0.25) is 0 Å². The van der Waals surface area contributed by atoms with E-state index in [-0.39, 0.29) is 6.10 Å². The molecule has 1 rings (SSSR count). The zero-order valence-corrected chi connectivity index (χ0v) is 10.0. The van der Waals surface area contributed by atoms with Crippen LogP contribution in [-0.4, -0.2) is 22.1 Å². The molecule has 0 unspecified atom stereocenters. The summed E-state index contributed by atoms with van der Waals surface area (Å²) in [4.78, 5) is 8.55. The minimum Gasteiger partial charge on any atom is -0.475 e. The lowest BCUT2D eigenvalue weighted by Crippen LogP contribution is -2.14. The van der Waals surface area contributed by atoms with Gasteiger partial charge in [-0.25, -0.2) is 4.98 Å². The summed E-state index contributed by atoms with van der Waals surface area (Å²) in [6.07, 6.45) is 0.131. The Hall–Kier alpha value is -1.32. The highest BCUT2D eigenvalue weighted by Gasteiger charge is 2.05. The van der Waals surface area contributed by atoms with E-state index < -0.39 is 0 Å². The van der Waals surface area contributed by atoms with E-state index in [9.17, 15) is 0 Å². The molecule has 0 spiro atoms. The summed E-state index contributed by atoms with van der Waals surface area (Å²) < 4.78 is 5.53. The summed E-state index contributed by atoms with van der Waals surface area (Å²) in [6.45, 7) is 9.99. The lowest BCUT2D eigenvalue weighted by molar-refractivity contribution is 0.232. The van der Waals surface area contributed by atoms with E-state index >= 15 is 0 Å². The number of hydrogen-bond donors (Lipinski definition) is 1. The number of nitrogens with one attached hydrogen (secondary N) is 1. The van der Waals surface area contributed by atoms with E-state index in [1.807, 2.05) is 26.8 Å².